The van der Waals surface area contributed by atoms with Gasteiger partial charge in [-0.1, -0.05) is 36.4 Å². The van der Waals surface area contributed by atoms with E-state index < -0.39 is 0 Å². The van der Waals surface area contributed by atoms with Crippen molar-refractivity contribution < 1.29 is 0 Å². The summed E-state index contributed by atoms with van der Waals surface area (Å²) in [4.78, 5) is 2.55. The Morgan fingerprint density at radius 3 is 2.39 bits per heavy atom. The monoisotopic (exact) mass is 235 g/mol. The number of para-hydroxylation sites is 2. The topological polar surface area (TPSA) is 3.24 Å². The van der Waals surface area contributed by atoms with Crippen LogP contribution in [0.1, 0.15) is 23.1 Å². The van der Waals surface area contributed by atoms with Gasteiger partial charge in [0, 0.05) is 17.9 Å². The molecule has 1 heteroatoms. The SMILES string of the molecule is c1ccc2c(c1)CCc1cccc3c1N2CCC3. The summed E-state index contributed by atoms with van der Waals surface area (Å²) < 4.78 is 0. The molecule has 0 fully saturated rings. The largest absolute Gasteiger partial charge is 0.341 e. The second kappa shape index (κ2) is 3.88. The Labute approximate surface area is 108 Å². The number of hydrogen-bond donors (Lipinski definition) is 0. The zero-order valence-corrected chi connectivity index (χ0v) is 10.5. The van der Waals surface area contributed by atoms with Crippen LogP contribution in [0.3, 0.4) is 0 Å². The van der Waals surface area contributed by atoms with Crippen LogP contribution in [-0.2, 0) is 19.3 Å². The first-order valence-corrected chi connectivity index (χ1v) is 6.90. The molecule has 2 aliphatic heterocycles. The van der Waals surface area contributed by atoms with Crippen LogP contribution in [0.15, 0.2) is 42.5 Å². The molecule has 0 bridgehead atoms. The molecule has 0 amide bonds. The minimum Gasteiger partial charge on any atom is -0.341 e. The van der Waals surface area contributed by atoms with E-state index in [-0.39, 0.29) is 0 Å². The van der Waals surface area contributed by atoms with Gasteiger partial charge in [-0.05, 0) is 48.4 Å². The molecule has 0 aromatic heterocycles. The smallest absolute Gasteiger partial charge is 0.0476 e. The zero-order valence-electron chi connectivity index (χ0n) is 10.5. The number of hydrogen-bond acceptors (Lipinski definition) is 1. The lowest BCUT2D eigenvalue weighted by molar-refractivity contribution is 0.764. The third-order valence-electron chi connectivity index (χ3n) is 4.25. The van der Waals surface area contributed by atoms with Gasteiger partial charge in [0.05, 0.1) is 0 Å². The molecule has 0 atom stereocenters. The van der Waals surface area contributed by atoms with Crippen molar-refractivity contribution in [3.8, 4) is 0 Å². The standard InChI is InChI=1S/C17H17N/c1-2-9-16-13(5-1)10-11-15-7-3-6-14-8-4-12-18(16)17(14)15/h1-3,5-7,9H,4,8,10-12H2. The molecule has 0 unspecified atom stereocenters. The summed E-state index contributed by atoms with van der Waals surface area (Å²) in [6.07, 6.45) is 4.85. The van der Waals surface area contributed by atoms with Crippen molar-refractivity contribution in [2.24, 2.45) is 0 Å². The molecule has 0 aliphatic carbocycles. The van der Waals surface area contributed by atoms with Gasteiger partial charge in [-0.25, -0.2) is 0 Å². The predicted octanol–water partition coefficient (Wildman–Crippen LogP) is 3.87. The van der Waals surface area contributed by atoms with Gasteiger partial charge in [-0.15, -0.1) is 0 Å². The van der Waals surface area contributed by atoms with Gasteiger partial charge in [0.1, 0.15) is 0 Å². The van der Waals surface area contributed by atoms with Crippen LogP contribution in [0.25, 0.3) is 0 Å². The van der Waals surface area contributed by atoms with Crippen molar-refractivity contribution in [3.63, 3.8) is 0 Å². The zero-order chi connectivity index (χ0) is 11.9. The van der Waals surface area contributed by atoms with Crippen LogP contribution < -0.4 is 4.90 Å². The summed E-state index contributed by atoms with van der Waals surface area (Å²) in [5.41, 5.74) is 7.51. The van der Waals surface area contributed by atoms with E-state index in [0.717, 1.165) is 0 Å². The van der Waals surface area contributed by atoms with E-state index in [9.17, 15) is 0 Å². The fraction of sp³-hybridized carbons (Fsp3) is 0.294. The average molecular weight is 235 g/mol. The molecule has 0 saturated carbocycles. The van der Waals surface area contributed by atoms with Crippen LogP contribution in [0.5, 0.6) is 0 Å². The van der Waals surface area contributed by atoms with Crippen molar-refractivity contribution in [1.82, 2.24) is 0 Å². The summed E-state index contributed by atoms with van der Waals surface area (Å²) in [7, 11) is 0. The van der Waals surface area contributed by atoms with Gasteiger partial charge < -0.3 is 4.90 Å². The Hall–Kier alpha value is -1.76. The fourth-order valence-corrected chi connectivity index (χ4v) is 3.43. The Kier molecular flexibility index (Phi) is 2.19. The summed E-state index contributed by atoms with van der Waals surface area (Å²) >= 11 is 0. The van der Waals surface area contributed by atoms with Gasteiger partial charge in [0.25, 0.3) is 0 Å². The average Bonchev–Trinajstić information content (AvgIpc) is 2.60. The lowest BCUT2D eigenvalue weighted by Crippen LogP contribution is -2.25. The van der Waals surface area contributed by atoms with Crippen LogP contribution in [-0.4, -0.2) is 6.54 Å². The lowest BCUT2D eigenvalue weighted by Gasteiger charge is -2.32. The van der Waals surface area contributed by atoms with E-state index in [1.807, 2.05) is 0 Å². The maximum Gasteiger partial charge on any atom is 0.0476 e. The van der Waals surface area contributed by atoms with E-state index in [0.29, 0.717) is 0 Å². The highest BCUT2D eigenvalue weighted by Gasteiger charge is 2.25. The molecule has 0 saturated heterocycles. The quantitative estimate of drug-likeness (QED) is 0.670. The van der Waals surface area contributed by atoms with Crippen molar-refractivity contribution >= 4 is 11.4 Å². The van der Waals surface area contributed by atoms with Crippen molar-refractivity contribution in [2.45, 2.75) is 25.7 Å². The van der Waals surface area contributed by atoms with Crippen LogP contribution >= 0.6 is 0 Å². The van der Waals surface area contributed by atoms with Crippen LogP contribution in [0.2, 0.25) is 0 Å². The fourth-order valence-electron chi connectivity index (χ4n) is 3.43. The summed E-state index contributed by atoms with van der Waals surface area (Å²) in [5.74, 6) is 0. The van der Waals surface area contributed by atoms with E-state index in [4.69, 9.17) is 0 Å². The van der Waals surface area contributed by atoms with Gasteiger partial charge >= 0.3 is 0 Å². The second-order valence-electron chi connectivity index (χ2n) is 5.31. The highest BCUT2D eigenvalue weighted by atomic mass is 15.1. The van der Waals surface area contributed by atoms with Gasteiger partial charge in [0.15, 0.2) is 0 Å². The Bertz CT molecular complexity index is 600. The maximum atomic E-state index is 2.55. The van der Waals surface area contributed by atoms with E-state index >= 15 is 0 Å². The number of rotatable bonds is 0. The molecular formula is C17H17N. The van der Waals surface area contributed by atoms with Gasteiger partial charge in [0.2, 0.25) is 0 Å². The van der Waals surface area contributed by atoms with E-state index in [2.05, 4.69) is 47.4 Å². The van der Waals surface area contributed by atoms with Gasteiger partial charge in [-0.2, -0.15) is 0 Å². The first-order chi connectivity index (χ1) is 8.93. The number of aryl methyl sites for hydroxylation is 3. The van der Waals surface area contributed by atoms with Gasteiger partial charge in [-0.3, -0.25) is 0 Å². The van der Waals surface area contributed by atoms with Crippen LogP contribution in [0, 0.1) is 0 Å². The molecular weight excluding hydrogens is 218 g/mol. The Morgan fingerprint density at radius 1 is 0.722 bits per heavy atom. The molecule has 90 valence electrons. The molecule has 2 heterocycles. The molecule has 18 heavy (non-hydrogen) atoms. The minimum atomic E-state index is 1.17. The molecule has 4 rings (SSSR count). The molecule has 2 aliphatic rings. The van der Waals surface area contributed by atoms with Crippen molar-refractivity contribution in [3.05, 3.63) is 59.2 Å². The minimum absolute atomic E-state index is 1.17. The van der Waals surface area contributed by atoms with E-state index in [1.54, 1.807) is 0 Å². The Morgan fingerprint density at radius 2 is 1.44 bits per heavy atom. The maximum absolute atomic E-state index is 2.55. The first kappa shape index (κ1) is 10.2. The molecule has 1 nitrogen and oxygen atoms in total. The number of fused-ring (bicyclic) bond motifs is 2. The number of nitrogens with zero attached hydrogens (tertiary/aromatic N) is 1. The molecule has 2 aromatic rings. The second-order valence-corrected chi connectivity index (χ2v) is 5.31. The summed E-state index contributed by atoms with van der Waals surface area (Å²) in [5, 5.41) is 0. The molecule has 0 spiro atoms. The van der Waals surface area contributed by atoms with Crippen molar-refractivity contribution in [2.75, 3.05) is 11.4 Å². The molecule has 2 aromatic carbocycles. The van der Waals surface area contributed by atoms with Crippen molar-refractivity contribution in [1.29, 1.82) is 0 Å². The third kappa shape index (κ3) is 1.40. The summed E-state index contributed by atoms with van der Waals surface area (Å²) in [6.45, 7) is 1.17. The normalized spacial score (nSPS) is 16.8. The summed E-state index contributed by atoms with van der Waals surface area (Å²) in [6, 6.07) is 15.7. The van der Waals surface area contributed by atoms with E-state index in [1.165, 1.54) is 60.3 Å². The molecule has 0 N–H and O–H groups in total. The number of benzene rings is 2. The third-order valence-corrected chi connectivity index (χ3v) is 4.25. The first-order valence-electron chi connectivity index (χ1n) is 6.90. The Balaban J connectivity index is 1.98. The highest BCUT2D eigenvalue weighted by molar-refractivity contribution is 5.74. The number of anilines is 2. The van der Waals surface area contributed by atoms with Crippen LogP contribution in [0.4, 0.5) is 11.4 Å². The highest BCUT2D eigenvalue weighted by Crippen LogP contribution is 2.40. The lowest BCUT2D eigenvalue weighted by atomic mass is 9.96. The molecule has 0 radical (unpaired) electrons. The predicted molar refractivity (Wildman–Crippen MR) is 75.6 cm³/mol.